The largest absolute Gasteiger partial charge is 0.465 e. The molecule has 0 radical (unpaired) electrons. The van der Waals surface area contributed by atoms with Crippen molar-refractivity contribution in [1.82, 2.24) is 5.32 Å². The van der Waals surface area contributed by atoms with Crippen LogP contribution in [0, 0.1) is 21.7 Å². The van der Waals surface area contributed by atoms with Gasteiger partial charge in [-0.1, -0.05) is 92.4 Å². The van der Waals surface area contributed by atoms with Crippen LogP contribution in [0.5, 0.6) is 0 Å². The molecule has 1 rings (SSSR count). The van der Waals surface area contributed by atoms with Crippen LogP contribution in [0.15, 0.2) is 0 Å². The predicted molar refractivity (Wildman–Crippen MR) is 218 cm³/mol. The topological polar surface area (TPSA) is 150 Å². The Morgan fingerprint density at radius 1 is 0.618 bits per heavy atom. The number of carbonyl (C=O) groups excluding carboxylic acids is 4. The fourth-order valence-electron chi connectivity index (χ4n) is 6.41. The third kappa shape index (κ3) is 22.9. The average molecular weight is 786 g/mol. The molecule has 1 saturated heterocycles. The van der Waals surface area contributed by atoms with E-state index in [9.17, 15) is 24.3 Å². The molecule has 1 fully saturated rings. The number of epoxide rings is 1. The summed E-state index contributed by atoms with van der Waals surface area (Å²) < 4.78 is 26.7. The van der Waals surface area contributed by atoms with Gasteiger partial charge in [-0.05, 0) is 93.0 Å². The van der Waals surface area contributed by atoms with Crippen molar-refractivity contribution in [3.05, 3.63) is 0 Å². The number of esters is 4. The number of rotatable bonds is 31. The Labute approximate surface area is 335 Å². The molecule has 1 heterocycles. The molecule has 1 aliphatic rings. The van der Waals surface area contributed by atoms with Crippen molar-refractivity contribution >= 4 is 23.9 Å². The van der Waals surface area contributed by atoms with Crippen molar-refractivity contribution in [2.24, 2.45) is 21.7 Å². The first-order chi connectivity index (χ1) is 25.9. The van der Waals surface area contributed by atoms with Crippen LogP contribution in [0.25, 0.3) is 0 Å². The van der Waals surface area contributed by atoms with E-state index in [-0.39, 0.29) is 30.6 Å². The number of carbonyl (C=O) groups is 4. The number of aliphatic hydroxyl groups excluding tert-OH is 1. The standard InChI is InChI=1S/C25H49NO5.C19H34O5/c1-7-10-12-14-16-26-18-21(27)19-31-22(28)24(4,5)20-25(6,9-3)23(29)30-17-15-13-11-8-2;1-6-8-9-10-11-22-17(21)19(5,7-2)14-18(3,4)16(20)24-13-15-12-23-15/h21,26-27H,7-20H2,1-6H3;15H,6-14H2,1-5H3. The Morgan fingerprint density at radius 2 is 1.04 bits per heavy atom. The molecule has 0 bridgehead atoms. The summed E-state index contributed by atoms with van der Waals surface area (Å²) in [6, 6.07) is 0. The molecule has 0 aromatic heterocycles. The lowest BCUT2D eigenvalue weighted by atomic mass is 9.72. The van der Waals surface area contributed by atoms with Crippen molar-refractivity contribution in [1.29, 1.82) is 0 Å². The molecule has 1 aliphatic heterocycles. The molecule has 55 heavy (non-hydrogen) atoms. The highest BCUT2D eigenvalue weighted by atomic mass is 16.6. The van der Waals surface area contributed by atoms with Crippen molar-refractivity contribution < 1.29 is 48.0 Å². The highest BCUT2D eigenvalue weighted by Crippen LogP contribution is 2.40. The molecule has 11 nitrogen and oxygen atoms in total. The predicted octanol–water partition coefficient (Wildman–Crippen LogP) is 8.90. The second-order valence-electron chi connectivity index (χ2n) is 17.4. The lowest BCUT2D eigenvalue weighted by molar-refractivity contribution is -0.165. The second kappa shape index (κ2) is 28.2. The van der Waals surface area contributed by atoms with Gasteiger partial charge in [-0.2, -0.15) is 0 Å². The van der Waals surface area contributed by atoms with Gasteiger partial charge in [0.15, 0.2) is 0 Å². The lowest BCUT2D eigenvalue weighted by Gasteiger charge is -2.33. The maximum atomic E-state index is 12.7. The quantitative estimate of drug-likeness (QED) is 0.0300. The lowest BCUT2D eigenvalue weighted by Crippen LogP contribution is -2.40. The van der Waals surface area contributed by atoms with E-state index in [4.69, 9.17) is 23.7 Å². The molecular weight excluding hydrogens is 702 g/mol. The number of hydrogen-bond donors (Lipinski definition) is 2. The summed E-state index contributed by atoms with van der Waals surface area (Å²) >= 11 is 0. The highest BCUT2D eigenvalue weighted by molar-refractivity contribution is 5.81. The van der Waals surface area contributed by atoms with Gasteiger partial charge in [0.05, 0.1) is 41.5 Å². The van der Waals surface area contributed by atoms with E-state index < -0.39 is 33.7 Å². The maximum absolute atomic E-state index is 12.7. The normalized spacial score (nSPS) is 16.8. The van der Waals surface area contributed by atoms with Crippen molar-refractivity contribution in [3.63, 3.8) is 0 Å². The van der Waals surface area contributed by atoms with E-state index in [2.05, 4.69) is 26.1 Å². The van der Waals surface area contributed by atoms with Crippen LogP contribution >= 0.6 is 0 Å². The maximum Gasteiger partial charge on any atom is 0.311 e. The molecule has 0 aromatic carbocycles. The van der Waals surface area contributed by atoms with Crippen LogP contribution in [-0.4, -0.2) is 87.3 Å². The SMILES string of the molecule is CCCCCCNCC(O)COC(=O)C(C)(C)CC(C)(CC)C(=O)OCCCCCC.CCCCCCOC(=O)C(C)(CC)CC(C)(C)C(=O)OCC1CO1. The first kappa shape index (κ1) is 52.8. The average Bonchev–Trinajstić information content (AvgIpc) is 3.98. The summed E-state index contributed by atoms with van der Waals surface area (Å²) in [5, 5.41) is 13.3. The fourth-order valence-corrected chi connectivity index (χ4v) is 6.41. The number of hydrogen-bond acceptors (Lipinski definition) is 11. The zero-order valence-corrected chi connectivity index (χ0v) is 37.0. The number of unbranched alkanes of at least 4 members (excludes halogenated alkanes) is 9. The van der Waals surface area contributed by atoms with Crippen LogP contribution in [0.2, 0.25) is 0 Å². The summed E-state index contributed by atoms with van der Waals surface area (Å²) in [5.74, 6) is -1.15. The van der Waals surface area contributed by atoms with Gasteiger partial charge in [0.25, 0.3) is 0 Å². The van der Waals surface area contributed by atoms with E-state index in [1.165, 1.54) is 19.3 Å². The van der Waals surface area contributed by atoms with Gasteiger partial charge in [0.1, 0.15) is 25.4 Å². The minimum atomic E-state index is -0.848. The van der Waals surface area contributed by atoms with Gasteiger partial charge >= 0.3 is 23.9 Å². The first-order valence-corrected chi connectivity index (χ1v) is 21.6. The van der Waals surface area contributed by atoms with Gasteiger partial charge < -0.3 is 34.1 Å². The molecule has 0 aromatic rings. The molecule has 0 amide bonds. The van der Waals surface area contributed by atoms with Crippen LogP contribution in [0.4, 0.5) is 0 Å². The molecule has 4 unspecified atom stereocenters. The Balaban J connectivity index is 0.00000109. The third-order valence-corrected chi connectivity index (χ3v) is 10.6. The summed E-state index contributed by atoms with van der Waals surface area (Å²) in [4.78, 5) is 50.2. The van der Waals surface area contributed by atoms with Crippen molar-refractivity contribution in [3.8, 4) is 0 Å². The van der Waals surface area contributed by atoms with Gasteiger partial charge in [0, 0.05) is 6.54 Å². The van der Waals surface area contributed by atoms with E-state index >= 15 is 0 Å². The number of ether oxygens (including phenoxy) is 5. The first-order valence-electron chi connectivity index (χ1n) is 21.6. The molecular formula is C44H83NO10. The van der Waals surface area contributed by atoms with E-state index in [1.807, 2.05) is 41.5 Å². The van der Waals surface area contributed by atoms with Crippen LogP contribution < -0.4 is 5.32 Å². The Hall–Kier alpha value is -2.24. The molecule has 324 valence electrons. The van der Waals surface area contributed by atoms with Crippen molar-refractivity contribution in [2.75, 3.05) is 46.1 Å². The number of nitrogens with one attached hydrogen (secondary N) is 1. The Bertz CT molecular complexity index is 1070. The highest BCUT2D eigenvalue weighted by Gasteiger charge is 2.44. The van der Waals surface area contributed by atoms with Crippen LogP contribution in [0.3, 0.4) is 0 Å². The minimum absolute atomic E-state index is 0.0467. The van der Waals surface area contributed by atoms with E-state index in [0.29, 0.717) is 58.7 Å². The van der Waals surface area contributed by atoms with Gasteiger partial charge in [0.2, 0.25) is 0 Å². The molecule has 0 spiro atoms. The smallest absolute Gasteiger partial charge is 0.311 e. The second-order valence-corrected chi connectivity index (χ2v) is 17.4. The zero-order chi connectivity index (χ0) is 42.0. The monoisotopic (exact) mass is 786 g/mol. The van der Waals surface area contributed by atoms with Crippen LogP contribution in [-0.2, 0) is 42.9 Å². The summed E-state index contributed by atoms with van der Waals surface area (Å²) in [5.41, 5.74) is -3.00. The summed E-state index contributed by atoms with van der Waals surface area (Å²) in [7, 11) is 0. The summed E-state index contributed by atoms with van der Waals surface area (Å²) in [6.07, 6.45) is 14.5. The molecule has 0 aliphatic carbocycles. The van der Waals surface area contributed by atoms with Gasteiger partial charge in [-0.25, -0.2) is 0 Å². The fraction of sp³-hybridized carbons (Fsp3) is 0.909. The Morgan fingerprint density at radius 3 is 1.44 bits per heavy atom. The molecule has 0 saturated carbocycles. The Kier molecular flexibility index (Phi) is 27.1. The van der Waals surface area contributed by atoms with E-state index in [0.717, 1.165) is 64.3 Å². The molecule has 4 atom stereocenters. The third-order valence-electron chi connectivity index (χ3n) is 10.6. The van der Waals surface area contributed by atoms with Crippen LogP contribution in [0.1, 0.15) is 179 Å². The van der Waals surface area contributed by atoms with E-state index in [1.54, 1.807) is 13.8 Å². The van der Waals surface area contributed by atoms with Crippen molar-refractivity contribution in [2.45, 2.75) is 191 Å². The molecule has 2 N–H and O–H groups in total. The molecule has 11 heteroatoms. The summed E-state index contributed by atoms with van der Waals surface area (Å²) in [6.45, 7) is 24.4. The zero-order valence-electron chi connectivity index (χ0n) is 37.0. The van der Waals surface area contributed by atoms with Gasteiger partial charge in [-0.3, -0.25) is 19.2 Å². The minimum Gasteiger partial charge on any atom is -0.465 e. The number of aliphatic hydroxyl groups is 1. The van der Waals surface area contributed by atoms with Gasteiger partial charge in [-0.15, -0.1) is 0 Å².